The van der Waals surface area contributed by atoms with Gasteiger partial charge in [0.25, 0.3) is 0 Å². The van der Waals surface area contributed by atoms with E-state index in [2.05, 4.69) is 26.6 Å². The summed E-state index contributed by atoms with van der Waals surface area (Å²) in [6, 6.07) is -9.85. The number of carbonyl (C=O) groups is 9. The van der Waals surface area contributed by atoms with E-state index >= 15 is 0 Å². The summed E-state index contributed by atoms with van der Waals surface area (Å²) in [4.78, 5) is 116. The first-order valence-electron chi connectivity index (χ1n) is 47.0. The fourth-order valence-electron chi connectivity index (χ4n) is 18.7. The smallest absolute Gasteiger partial charge is 0.303 e. The SMILES string of the molecule is CC(=O)N[C@H]1[C@H](O[C@H]2[C@H](O)[C@@H](NC(C)=O)C(O)O[C@@H]2CO[C@@H]2O[C@@H](C)[C@@H](O)[C@@H](O)[C@@H]2O)O[C@H](CO)[C@@H](O[C@H]2O[C@H](CO[C@H]3O[C@H](CO[C@@H]4O[C@H](CO)[C@@H](O)[C@H](O)[C@H]4NC(C)=O)[C@@H](O)[C@H](O)[C@@H]3O[C@@H]3O[C@H](CO)[C@@H](O[C@@H]4O[C@H](COC(C)=O)[C@H](OC(C)=O)[C@H](OC(C)=O)[C@H]4OC(C)=O)[C@H](O)[C@H]3NC(C)=O)[C@@H](O)[C@H](O[C@H]3O[C@H](CO)[C@@H](O)[C@H](O)[C@@H]3O[C@@H]3O[C@H](CO)[C@@H](O[C@@H]4O[C@H](CO)[C@H](O)[C@H](O)[C@H]4O)[C@H](O)[C@H]3NC(C)=O)[C@@H]2O)[C@@H]1O. The van der Waals surface area contributed by atoms with Crippen LogP contribution < -0.4 is 26.6 Å². The largest absolute Gasteiger partial charge is 0.463 e. The van der Waals surface area contributed by atoms with Crippen LogP contribution in [0.4, 0.5) is 0 Å². The third kappa shape index (κ3) is 28.6. The molecule has 0 aliphatic carbocycles. The number of rotatable bonds is 39. The molecule has 0 saturated carbocycles. The fourth-order valence-corrected chi connectivity index (χ4v) is 18.7. The molecule has 64 heteroatoms. The average Bonchev–Trinajstić information content (AvgIpc) is 0.807. The molecule has 5 amide bonds. The van der Waals surface area contributed by atoms with Crippen molar-refractivity contribution in [2.24, 2.45) is 0 Å². The Labute approximate surface area is 839 Å². The molecule has 11 heterocycles. The second-order valence-corrected chi connectivity index (χ2v) is 36.9. The summed E-state index contributed by atoms with van der Waals surface area (Å²) in [5.41, 5.74) is 0. The highest BCUT2D eigenvalue weighted by Gasteiger charge is 2.64. The Morgan fingerprint density at radius 3 is 0.959 bits per heavy atom. The molecule has 0 aromatic heterocycles. The molecule has 64 nitrogen and oxygen atoms in total. The summed E-state index contributed by atoms with van der Waals surface area (Å²) in [7, 11) is 0. The first-order chi connectivity index (χ1) is 69.8. The van der Waals surface area contributed by atoms with Crippen LogP contribution >= 0.6 is 0 Å². The highest BCUT2D eigenvalue weighted by atomic mass is 16.8. The Balaban J connectivity index is 0.982. The number of hydrogen-bond donors (Lipinski definition) is 30. The Hall–Kier alpha value is -6.61. The van der Waals surface area contributed by atoms with Crippen molar-refractivity contribution in [2.45, 2.75) is 407 Å². The minimum absolute atomic E-state index is 0.829. The van der Waals surface area contributed by atoms with Gasteiger partial charge >= 0.3 is 23.9 Å². The van der Waals surface area contributed by atoms with Gasteiger partial charge in [-0.1, -0.05) is 0 Å². The van der Waals surface area contributed by atoms with Crippen LogP contribution in [-0.4, -0.2) is 585 Å². The lowest BCUT2D eigenvalue weighted by molar-refractivity contribution is -0.399. The molecule has 0 radical (unpaired) electrons. The van der Waals surface area contributed by atoms with Crippen molar-refractivity contribution in [1.29, 1.82) is 0 Å². The molecule has 30 N–H and O–H groups in total. The average molecular weight is 2160 g/mol. The minimum atomic E-state index is -2.74. The van der Waals surface area contributed by atoms with E-state index in [9.17, 15) is 171 Å². The first kappa shape index (κ1) is 122. The van der Waals surface area contributed by atoms with Gasteiger partial charge in [0.15, 0.2) is 87.5 Å². The molecule has 11 saturated heterocycles. The third-order valence-electron chi connectivity index (χ3n) is 26.0. The van der Waals surface area contributed by atoms with Crippen LogP contribution in [0, 0.1) is 0 Å². The second-order valence-electron chi connectivity index (χ2n) is 36.9. The van der Waals surface area contributed by atoms with Crippen molar-refractivity contribution in [3.63, 3.8) is 0 Å². The van der Waals surface area contributed by atoms with Gasteiger partial charge in [-0.3, -0.25) is 43.2 Å². The number of ether oxygens (including phenoxy) is 25. The summed E-state index contributed by atoms with van der Waals surface area (Å²) in [6.07, 6.45) is -107. The van der Waals surface area contributed by atoms with Gasteiger partial charge in [-0.25, -0.2) is 0 Å². The van der Waals surface area contributed by atoms with E-state index in [0.717, 1.165) is 62.3 Å². The van der Waals surface area contributed by atoms with E-state index in [0.29, 0.717) is 0 Å². The number of amides is 5. The van der Waals surface area contributed by atoms with E-state index in [-0.39, 0.29) is 0 Å². The normalized spacial score (nSPS) is 46.0. The summed E-state index contributed by atoms with van der Waals surface area (Å²) >= 11 is 0. The molecule has 11 aliphatic heterocycles. The molecule has 850 valence electrons. The molecule has 11 rings (SSSR count). The summed E-state index contributed by atoms with van der Waals surface area (Å²) in [5.74, 6) is -9.13. The number of esters is 4. The molecule has 11 aliphatic rings. The number of carbonyl (C=O) groups excluding carboxylic acids is 9. The van der Waals surface area contributed by atoms with Crippen LogP contribution in [0.5, 0.6) is 0 Å². The van der Waals surface area contributed by atoms with Crippen LogP contribution in [0.3, 0.4) is 0 Å². The fraction of sp³-hybridized carbons (Fsp3) is 0.893. The number of aliphatic hydroxyl groups excluding tert-OH is 25. The predicted molar refractivity (Wildman–Crippen MR) is 457 cm³/mol. The lowest BCUT2D eigenvalue weighted by atomic mass is 9.93. The Bertz CT molecular complexity index is 4290. The van der Waals surface area contributed by atoms with Crippen molar-refractivity contribution < 1.29 is 289 Å². The van der Waals surface area contributed by atoms with Crippen LogP contribution in [0.1, 0.15) is 69.2 Å². The third-order valence-corrected chi connectivity index (χ3v) is 26.0. The van der Waals surface area contributed by atoms with Gasteiger partial charge in [-0.15, -0.1) is 0 Å². The molecule has 1 unspecified atom stereocenters. The molecule has 11 fully saturated rings. The van der Waals surface area contributed by atoms with Crippen molar-refractivity contribution in [2.75, 3.05) is 66.1 Å². The van der Waals surface area contributed by atoms with Crippen LogP contribution in [0.2, 0.25) is 0 Å². The van der Waals surface area contributed by atoms with E-state index in [1.807, 2.05) is 0 Å². The molecule has 0 aromatic rings. The van der Waals surface area contributed by atoms with Crippen molar-refractivity contribution >= 4 is 53.4 Å². The Kier molecular flexibility index (Phi) is 44.1. The zero-order valence-electron chi connectivity index (χ0n) is 80.9. The molecule has 148 heavy (non-hydrogen) atoms. The molecule has 0 spiro atoms. The van der Waals surface area contributed by atoms with Gasteiger partial charge in [0.05, 0.1) is 65.6 Å². The Morgan fingerprint density at radius 2 is 0.500 bits per heavy atom. The maximum atomic E-state index is 13.5. The summed E-state index contributed by atoms with van der Waals surface area (Å²) in [6.45, 7) is -1.85. The van der Waals surface area contributed by atoms with Crippen LogP contribution in [0.25, 0.3) is 0 Å². The van der Waals surface area contributed by atoms with Gasteiger partial charge in [-0.05, 0) is 6.92 Å². The Morgan fingerprint density at radius 1 is 0.209 bits per heavy atom. The van der Waals surface area contributed by atoms with E-state index in [1.54, 1.807) is 0 Å². The van der Waals surface area contributed by atoms with Crippen LogP contribution in [0.15, 0.2) is 0 Å². The standard InChI is InChI=1S/C84H135N5O59/c1-21-46(105)57(116)61(120)79(128-21)126-20-39-67(53(112)41(74(123)132-39)85-22(2)96)142-76-43(87-24(4)98)54(113)65(35(15-94)136-76)144-81-63(122)69(146-83-71(59(118)49(108)33(13-92)135-83)148-78-44(88-25(5)99)55(114)64(34(14-93)137-78)143-80-62(121)58(117)48(107)32(12-91)134-80)51(110)38(139-81)18-127-82-70(60(119)50(109)37(140-82)17-125-75-42(86-23(3)97)52(111)47(106)31(11-90)133-75)147-77-45(89-26(6)100)56(115)66(36(16-95)138-77)145-84-73(131-30(10)104)72(130-29(9)103)68(129-28(8)102)40(141-84)19-124-27(7)101/h21,31-84,90-95,105-123H,11-20H2,1-10H3,(H,85,96)(H,86,97)(H,87,98)(H,88,99)(H,89,100)/t21-,31+,32+,33+,34+,35+,36+,37+,38+,39+,40+,41+,42+,43+,44+,45+,46+,47+,48-,49+,50+,51+,52+,53+,54+,55+,56+,57+,58-,59-,60-,61-,62+,63-,64+,65+,66+,67+,68-,69-,70-,71-,72-,73+,74?,75+,76-,77-,78-,79+,80-,81+,82-,83+,84-/m0/s1. The van der Waals surface area contributed by atoms with E-state index in [4.69, 9.17) is 118 Å². The molecule has 0 aromatic carbocycles. The maximum absolute atomic E-state index is 13.5. The lowest BCUT2D eigenvalue weighted by Crippen LogP contribution is -2.71. The summed E-state index contributed by atoms with van der Waals surface area (Å²) in [5, 5.41) is 299. The van der Waals surface area contributed by atoms with Gasteiger partial charge in [0.2, 0.25) is 29.5 Å². The molecule has 0 bridgehead atoms. The van der Waals surface area contributed by atoms with Gasteiger partial charge in [0.1, 0.15) is 250 Å². The second kappa shape index (κ2) is 53.7. The highest BCUT2D eigenvalue weighted by molar-refractivity contribution is 5.75. The predicted octanol–water partition coefficient (Wildman–Crippen LogP) is -20.9. The number of aliphatic hydroxyl groups is 25. The highest BCUT2D eigenvalue weighted by Crippen LogP contribution is 2.43. The van der Waals surface area contributed by atoms with Crippen molar-refractivity contribution in [3.05, 3.63) is 0 Å². The van der Waals surface area contributed by atoms with Gasteiger partial charge in [0, 0.05) is 62.3 Å². The number of nitrogens with one attached hydrogen (secondary N) is 5. The van der Waals surface area contributed by atoms with Crippen molar-refractivity contribution in [3.8, 4) is 0 Å². The van der Waals surface area contributed by atoms with Crippen LogP contribution in [-0.2, 0) is 162 Å². The maximum Gasteiger partial charge on any atom is 0.303 e. The lowest BCUT2D eigenvalue weighted by Gasteiger charge is -2.51. The molecule has 55 atom stereocenters. The quantitative estimate of drug-likeness (QED) is 0.0201. The van der Waals surface area contributed by atoms with Gasteiger partial charge < -0.3 is 273 Å². The van der Waals surface area contributed by atoms with Crippen molar-refractivity contribution in [1.82, 2.24) is 26.6 Å². The summed E-state index contributed by atoms with van der Waals surface area (Å²) < 4.78 is 149. The monoisotopic (exact) mass is 2160 g/mol. The van der Waals surface area contributed by atoms with E-state index in [1.165, 1.54) is 6.92 Å². The number of hydrogen-bond acceptors (Lipinski definition) is 59. The first-order valence-corrected chi connectivity index (χ1v) is 47.0. The zero-order valence-corrected chi connectivity index (χ0v) is 80.9. The van der Waals surface area contributed by atoms with Gasteiger partial charge in [-0.2, -0.15) is 0 Å². The molecular weight excluding hydrogens is 2020 g/mol. The molecular formula is C84H135N5O59. The minimum Gasteiger partial charge on any atom is -0.463 e. The zero-order chi connectivity index (χ0) is 109. The van der Waals surface area contributed by atoms with E-state index < -0.39 is 457 Å². The topological polar surface area (TPSA) is 950 Å².